The van der Waals surface area contributed by atoms with Gasteiger partial charge in [0.1, 0.15) is 9.71 Å². The summed E-state index contributed by atoms with van der Waals surface area (Å²) >= 11 is 0.875. The quantitative estimate of drug-likeness (QED) is 0.692. The molecule has 0 fully saturated rings. The number of carbonyl (C=O) groups is 2. The zero-order valence-electron chi connectivity index (χ0n) is 13.8. The number of hydrogen-bond donors (Lipinski definition) is 2. The summed E-state index contributed by atoms with van der Waals surface area (Å²) in [6.07, 6.45) is 1.20. The maximum absolute atomic E-state index is 12.5. The van der Waals surface area contributed by atoms with E-state index >= 15 is 0 Å². The molecule has 1 amide bonds. The van der Waals surface area contributed by atoms with E-state index in [2.05, 4.69) is 5.32 Å². The monoisotopic (exact) mass is 373 g/mol. The van der Waals surface area contributed by atoms with E-state index in [-0.39, 0.29) is 29.4 Å². The van der Waals surface area contributed by atoms with Gasteiger partial charge in [-0.25, -0.2) is 9.59 Å². The lowest BCUT2D eigenvalue weighted by Crippen LogP contribution is -2.41. The number of amides is 1. The van der Waals surface area contributed by atoms with Gasteiger partial charge in [0.2, 0.25) is 0 Å². The first-order valence-corrected chi connectivity index (χ1v) is 8.54. The summed E-state index contributed by atoms with van der Waals surface area (Å²) in [6, 6.07) is 8.58. The predicted molar refractivity (Wildman–Crippen MR) is 96.3 cm³/mol. The third-order valence-electron chi connectivity index (χ3n) is 3.86. The summed E-state index contributed by atoms with van der Waals surface area (Å²) in [5, 5.41) is 11.7. The van der Waals surface area contributed by atoms with Crippen molar-refractivity contribution in [3.63, 3.8) is 0 Å². The van der Waals surface area contributed by atoms with Crippen molar-refractivity contribution in [1.29, 1.82) is 0 Å². The zero-order valence-corrected chi connectivity index (χ0v) is 14.6. The Labute approximate surface area is 151 Å². The lowest BCUT2D eigenvalue weighted by molar-refractivity contribution is 0.0701. The van der Waals surface area contributed by atoms with Crippen molar-refractivity contribution in [3.8, 4) is 0 Å². The minimum Gasteiger partial charge on any atom is -0.477 e. The number of aromatic carboxylic acids is 1. The van der Waals surface area contributed by atoms with Crippen LogP contribution in [0.15, 0.2) is 46.1 Å². The van der Waals surface area contributed by atoms with E-state index in [1.54, 1.807) is 30.3 Å². The third kappa shape index (κ3) is 3.16. The molecule has 9 heteroatoms. The standard InChI is InChI=1S/C17H15N3O5S/c1-10-14(22)19(8-7-18-13(21)11-5-3-2-4-6-11)17(25)20-9-12(16(23)24)26-15(10)20/h2-6,9H,7-8H2,1H3,(H,18,21)(H,23,24). The molecule has 0 saturated carbocycles. The molecule has 0 bridgehead atoms. The molecule has 0 aliphatic heterocycles. The number of fused-ring (bicyclic) bond motifs is 1. The van der Waals surface area contributed by atoms with E-state index in [1.807, 2.05) is 0 Å². The molecule has 0 saturated heterocycles. The van der Waals surface area contributed by atoms with Crippen LogP contribution in [-0.2, 0) is 6.54 Å². The van der Waals surface area contributed by atoms with Crippen molar-refractivity contribution in [2.75, 3.05) is 6.54 Å². The molecule has 2 heterocycles. The average molecular weight is 373 g/mol. The Morgan fingerprint density at radius 3 is 2.54 bits per heavy atom. The SMILES string of the molecule is Cc1c(=O)n(CCNC(=O)c2ccccc2)c(=O)n2cc(C(=O)O)sc12. The number of rotatable bonds is 5. The van der Waals surface area contributed by atoms with Gasteiger partial charge in [0, 0.05) is 30.4 Å². The number of aryl methyl sites for hydroxylation is 1. The summed E-state index contributed by atoms with van der Waals surface area (Å²) in [5.74, 6) is -1.47. The molecule has 8 nitrogen and oxygen atoms in total. The molecule has 2 N–H and O–H groups in total. The number of thiazole rings is 1. The Kier molecular flexibility index (Phi) is 4.72. The molecular weight excluding hydrogens is 358 g/mol. The number of carbonyl (C=O) groups excluding carboxylic acids is 1. The lowest BCUT2D eigenvalue weighted by atomic mass is 10.2. The van der Waals surface area contributed by atoms with Crippen molar-refractivity contribution >= 4 is 28.0 Å². The largest absolute Gasteiger partial charge is 0.477 e. The maximum atomic E-state index is 12.5. The molecule has 0 radical (unpaired) electrons. The van der Waals surface area contributed by atoms with Crippen LogP contribution in [0.5, 0.6) is 0 Å². The second-order valence-electron chi connectivity index (χ2n) is 5.56. The predicted octanol–water partition coefficient (Wildman–Crippen LogP) is 0.959. The summed E-state index contributed by atoms with van der Waals surface area (Å²) in [5.41, 5.74) is -0.361. The normalized spacial score (nSPS) is 10.8. The fraction of sp³-hybridized carbons (Fsp3) is 0.176. The fourth-order valence-corrected chi connectivity index (χ4v) is 3.46. The highest BCUT2D eigenvalue weighted by atomic mass is 32.1. The van der Waals surface area contributed by atoms with Crippen molar-refractivity contribution in [2.24, 2.45) is 0 Å². The number of aromatic nitrogens is 2. The van der Waals surface area contributed by atoms with Crippen LogP contribution in [0.3, 0.4) is 0 Å². The molecule has 0 atom stereocenters. The molecule has 0 aliphatic rings. The van der Waals surface area contributed by atoms with Gasteiger partial charge in [0.05, 0.1) is 0 Å². The fourth-order valence-electron chi connectivity index (χ4n) is 2.53. The van der Waals surface area contributed by atoms with Gasteiger partial charge in [-0.05, 0) is 19.1 Å². The molecular formula is C17H15N3O5S. The first kappa shape index (κ1) is 17.6. The molecule has 1 aromatic carbocycles. The van der Waals surface area contributed by atoms with E-state index in [1.165, 1.54) is 13.1 Å². The molecule has 2 aromatic heterocycles. The first-order chi connectivity index (χ1) is 12.4. The van der Waals surface area contributed by atoms with Crippen LogP contribution in [0.1, 0.15) is 25.6 Å². The van der Waals surface area contributed by atoms with Crippen LogP contribution >= 0.6 is 11.3 Å². The smallest absolute Gasteiger partial charge is 0.347 e. The van der Waals surface area contributed by atoms with Gasteiger partial charge in [-0.2, -0.15) is 0 Å². The van der Waals surface area contributed by atoms with Crippen molar-refractivity contribution in [3.05, 3.63) is 73.4 Å². The number of benzene rings is 1. The van der Waals surface area contributed by atoms with Gasteiger partial charge in [-0.1, -0.05) is 18.2 Å². The minimum atomic E-state index is -1.16. The van der Waals surface area contributed by atoms with E-state index in [4.69, 9.17) is 5.11 Å². The molecule has 0 aliphatic carbocycles. The Balaban J connectivity index is 1.86. The van der Waals surface area contributed by atoms with Crippen LogP contribution in [0.25, 0.3) is 4.83 Å². The van der Waals surface area contributed by atoms with Gasteiger partial charge in [0.15, 0.2) is 0 Å². The second kappa shape index (κ2) is 6.96. The van der Waals surface area contributed by atoms with Crippen molar-refractivity contribution in [1.82, 2.24) is 14.3 Å². The number of carboxylic acid groups (broad SMARTS) is 1. The van der Waals surface area contributed by atoms with Crippen LogP contribution < -0.4 is 16.6 Å². The van der Waals surface area contributed by atoms with Gasteiger partial charge in [-0.15, -0.1) is 11.3 Å². The lowest BCUT2D eigenvalue weighted by Gasteiger charge is -2.09. The zero-order chi connectivity index (χ0) is 18.8. The van der Waals surface area contributed by atoms with Crippen LogP contribution in [0.4, 0.5) is 0 Å². The highest BCUT2D eigenvalue weighted by Gasteiger charge is 2.17. The molecule has 0 unspecified atom stereocenters. The van der Waals surface area contributed by atoms with E-state index < -0.39 is 17.2 Å². The van der Waals surface area contributed by atoms with Gasteiger partial charge in [-0.3, -0.25) is 18.6 Å². The molecule has 3 rings (SSSR count). The molecule has 0 spiro atoms. The summed E-state index contributed by atoms with van der Waals surface area (Å²) in [6.45, 7) is 1.61. The molecule has 134 valence electrons. The minimum absolute atomic E-state index is 0.0156. The Hall–Kier alpha value is -3.20. The second-order valence-corrected chi connectivity index (χ2v) is 6.59. The molecule has 26 heavy (non-hydrogen) atoms. The van der Waals surface area contributed by atoms with E-state index in [0.29, 0.717) is 10.4 Å². The number of hydrogen-bond acceptors (Lipinski definition) is 5. The van der Waals surface area contributed by atoms with Crippen LogP contribution in [-0.4, -0.2) is 32.5 Å². The summed E-state index contributed by atoms with van der Waals surface area (Å²) in [7, 11) is 0. The van der Waals surface area contributed by atoms with Gasteiger partial charge < -0.3 is 10.4 Å². The van der Waals surface area contributed by atoms with Gasteiger partial charge in [0.25, 0.3) is 11.5 Å². The Morgan fingerprint density at radius 2 is 1.88 bits per heavy atom. The van der Waals surface area contributed by atoms with Crippen molar-refractivity contribution < 1.29 is 14.7 Å². The van der Waals surface area contributed by atoms with E-state index in [0.717, 1.165) is 20.3 Å². The number of nitrogens with one attached hydrogen (secondary N) is 1. The highest BCUT2D eigenvalue weighted by molar-refractivity contribution is 7.19. The summed E-state index contributed by atoms with van der Waals surface area (Å²) in [4.78, 5) is 48.3. The van der Waals surface area contributed by atoms with Crippen LogP contribution in [0, 0.1) is 6.92 Å². The summed E-state index contributed by atoms with van der Waals surface area (Å²) < 4.78 is 2.15. The maximum Gasteiger partial charge on any atom is 0.347 e. The Morgan fingerprint density at radius 1 is 1.19 bits per heavy atom. The van der Waals surface area contributed by atoms with Crippen LogP contribution in [0.2, 0.25) is 0 Å². The van der Waals surface area contributed by atoms with E-state index in [9.17, 15) is 19.2 Å². The number of carboxylic acids is 1. The third-order valence-corrected chi connectivity index (χ3v) is 5.06. The topological polar surface area (TPSA) is 110 Å². The van der Waals surface area contributed by atoms with Crippen molar-refractivity contribution in [2.45, 2.75) is 13.5 Å². The highest BCUT2D eigenvalue weighted by Crippen LogP contribution is 2.17. The molecule has 3 aromatic rings. The van der Waals surface area contributed by atoms with Gasteiger partial charge >= 0.3 is 11.7 Å². The number of nitrogens with zero attached hydrogens (tertiary/aromatic N) is 2. The average Bonchev–Trinajstić information content (AvgIpc) is 3.09. The Bertz CT molecular complexity index is 1110. The first-order valence-electron chi connectivity index (χ1n) is 7.72.